The Morgan fingerprint density at radius 1 is 0.952 bits per heavy atom. The monoisotopic (exact) mass is 304 g/mol. The third-order valence-corrected chi connectivity index (χ3v) is 5.49. The molecule has 1 N–H and O–H groups in total. The van der Waals surface area contributed by atoms with Gasteiger partial charge in [0.2, 0.25) is 0 Å². The van der Waals surface area contributed by atoms with Crippen LogP contribution in [0.3, 0.4) is 0 Å². The van der Waals surface area contributed by atoms with E-state index in [0.29, 0.717) is 18.8 Å². The van der Waals surface area contributed by atoms with Gasteiger partial charge in [0.25, 0.3) is 10.0 Å². The van der Waals surface area contributed by atoms with Crippen LogP contribution in [0.5, 0.6) is 5.75 Å². The number of aromatic hydroxyl groups is 1. The number of fused-ring (bicyclic) bond motifs is 1. The van der Waals surface area contributed by atoms with Crippen molar-refractivity contribution in [1.29, 1.82) is 0 Å². The van der Waals surface area contributed by atoms with Gasteiger partial charge in [-0.2, -0.15) is 0 Å². The Hall–Kier alpha value is -2.21. The number of likely N-dealkylation sites (N-methyl/N-ethyl adjacent to an activating group) is 1. The van der Waals surface area contributed by atoms with Gasteiger partial charge in [-0.3, -0.25) is 4.31 Å². The first-order valence-corrected chi connectivity index (χ1v) is 8.07. The summed E-state index contributed by atoms with van der Waals surface area (Å²) in [7, 11) is -1.84. The van der Waals surface area contributed by atoms with Gasteiger partial charge in [0.05, 0.1) is 17.9 Å². The maximum atomic E-state index is 12.8. The first-order valence-electron chi connectivity index (χ1n) is 6.63. The van der Waals surface area contributed by atoms with Gasteiger partial charge in [0.15, 0.2) is 0 Å². The van der Waals surface area contributed by atoms with Crippen LogP contribution < -0.4 is 9.21 Å². The van der Waals surface area contributed by atoms with E-state index in [1.807, 2.05) is 30.1 Å². The average molecular weight is 304 g/mol. The molecule has 0 spiro atoms. The fourth-order valence-corrected chi connectivity index (χ4v) is 4.08. The normalized spacial score (nSPS) is 14.9. The summed E-state index contributed by atoms with van der Waals surface area (Å²) in [5.74, 6) is -0.228. The number of phenols is 1. The van der Waals surface area contributed by atoms with Crippen molar-refractivity contribution in [1.82, 2.24) is 0 Å². The van der Waals surface area contributed by atoms with Gasteiger partial charge in [-0.25, -0.2) is 8.42 Å². The van der Waals surface area contributed by atoms with E-state index in [4.69, 9.17) is 0 Å². The number of rotatable bonds is 2. The molecule has 0 bridgehead atoms. The van der Waals surface area contributed by atoms with Crippen LogP contribution in [0.15, 0.2) is 53.4 Å². The lowest BCUT2D eigenvalue weighted by Crippen LogP contribution is -2.42. The van der Waals surface area contributed by atoms with Crippen LogP contribution in [-0.2, 0) is 10.0 Å². The largest absolute Gasteiger partial charge is 0.507 e. The molecule has 0 saturated carbocycles. The lowest BCUT2D eigenvalue weighted by atomic mass is 10.2. The maximum Gasteiger partial charge on any atom is 0.268 e. The summed E-state index contributed by atoms with van der Waals surface area (Å²) in [6, 6.07) is 13.4. The van der Waals surface area contributed by atoms with Crippen LogP contribution in [0.25, 0.3) is 0 Å². The Labute approximate surface area is 124 Å². The van der Waals surface area contributed by atoms with Crippen LogP contribution in [-0.4, -0.2) is 33.7 Å². The molecule has 21 heavy (non-hydrogen) atoms. The Morgan fingerprint density at radius 2 is 1.57 bits per heavy atom. The molecule has 3 rings (SSSR count). The SMILES string of the molecule is CN1CCN(S(=O)(=O)c2ccccc2O)c2ccccc21. The van der Waals surface area contributed by atoms with Crippen LogP contribution >= 0.6 is 0 Å². The van der Waals surface area contributed by atoms with Gasteiger partial charge >= 0.3 is 0 Å². The van der Waals surface area contributed by atoms with E-state index in [-0.39, 0.29) is 10.6 Å². The summed E-state index contributed by atoms with van der Waals surface area (Å²) < 4.78 is 27.0. The summed E-state index contributed by atoms with van der Waals surface area (Å²) in [6.07, 6.45) is 0. The van der Waals surface area contributed by atoms with Gasteiger partial charge in [-0.05, 0) is 24.3 Å². The van der Waals surface area contributed by atoms with E-state index in [1.54, 1.807) is 18.2 Å². The molecular weight excluding hydrogens is 288 g/mol. The van der Waals surface area contributed by atoms with E-state index in [1.165, 1.54) is 16.4 Å². The topological polar surface area (TPSA) is 60.9 Å². The fraction of sp³-hybridized carbons (Fsp3) is 0.200. The molecule has 110 valence electrons. The van der Waals surface area contributed by atoms with E-state index in [0.717, 1.165) is 5.69 Å². The van der Waals surface area contributed by atoms with Gasteiger partial charge < -0.3 is 10.0 Å². The molecular formula is C15H16N2O3S. The van der Waals surface area contributed by atoms with E-state index >= 15 is 0 Å². The molecule has 1 aliphatic rings. The highest BCUT2D eigenvalue weighted by molar-refractivity contribution is 7.93. The number of sulfonamides is 1. The summed E-state index contributed by atoms with van der Waals surface area (Å²) in [6.45, 7) is 0.952. The van der Waals surface area contributed by atoms with Gasteiger partial charge in [-0.15, -0.1) is 0 Å². The highest BCUT2D eigenvalue weighted by atomic mass is 32.2. The summed E-state index contributed by atoms with van der Waals surface area (Å²) in [4.78, 5) is 1.95. The predicted molar refractivity (Wildman–Crippen MR) is 82.4 cm³/mol. The molecule has 2 aromatic rings. The zero-order chi connectivity index (χ0) is 15.0. The Kier molecular flexibility index (Phi) is 3.25. The number of nitrogens with zero attached hydrogens (tertiary/aromatic N) is 2. The number of anilines is 2. The lowest BCUT2D eigenvalue weighted by Gasteiger charge is -2.36. The van der Waals surface area contributed by atoms with Crippen LogP contribution in [0.1, 0.15) is 0 Å². The van der Waals surface area contributed by atoms with Crippen molar-refractivity contribution in [3.63, 3.8) is 0 Å². The quantitative estimate of drug-likeness (QED) is 0.922. The van der Waals surface area contributed by atoms with E-state index in [2.05, 4.69) is 0 Å². The highest BCUT2D eigenvalue weighted by Crippen LogP contribution is 2.37. The third kappa shape index (κ3) is 2.21. The van der Waals surface area contributed by atoms with Crippen molar-refractivity contribution in [3.8, 4) is 5.75 Å². The molecule has 0 aliphatic carbocycles. The predicted octanol–water partition coefficient (Wildman–Crippen LogP) is 2.04. The van der Waals surface area contributed by atoms with Gasteiger partial charge in [0, 0.05) is 13.6 Å². The van der Waals surface area contributed by atoms with Crippen molar-refractivity contribution in [3.05, 3.63) is 48.5 Å². The van der Waals surface area contributed by atoms with E-state index < -0.39 is 10.0 Å². The molecule has 0 fully saturated rings. The molecule has 0 saturated heterocycles. The first kappa shape index (κ1) is 13.8. The molecule has 0 unspecified atom stereocenters. The third-order valence-electron chi connectivity index (χ3n) is 3.63. The number of para-hydroxylation sites is 3. The molecule has 5 nitrogen and oxygen atoms in total. The Morgan fingerprint density at radius 3 is 2.29 bits per heavy atom. The minimum atomic E-state index is -3.77. The smallest absolute Gasteiger partial charge is 0.268 e. The summed E-state index contributed by atoms with van der Waals surface area (Å²) >= 11 is 0. The standard InChI is InChI=1S/C15H16N2O3S/c1-16-10-11-17(13-7-3-2-6-12(13)16)21(19,20)15-9-5-4-8-14(15)18/h2-9,18H,10-11H2,1H3. The van der Waals surface area contributed by atoms with Crippen molar-refractivity contribution < 1.29 is 13.5 Å². The van der Waals surface area contributed by atoms with Crippen LogP contribution in [0.2, 0.25) is 0 Å². The van der Waals surface area contributed by atoms with Crippen molar-refractivity contribution in [2.75, 3.05) is 29.3 Å². The maximum absolute atomic E-state index is 12.8. The molecule has 1 heterocycles. The second-order valence-electron chi connectivity index (χ2n) is 4.96. The van der Waals surface area contributed by atoms with Crippen LogP contribution in [0.4, 0.5) is 11.4 Å². The fourth-order valence-electron chi connectivity index (χ4n) is 2.52. The molecule has 0 amide bonds. The molecule has 0 atom stereocenters. The Bertz CT molecular complexity index is 774. The molecule has 2 aromatic carbocycles. The zero-order valence-electron chi connectivity index (χ0n) is 11.6. The summed E-state index contributed by atoms with van der Waals surface area (Å²) in [5, 5.41) is 9.86. The van der Waals surface area contributed by atoms with E-state index in [9.17, 15) is 13.5 Å². The average Bonchev–Trinajstić information content (AvgIpc) is 2.48. The first-order chi connectivity index (χ1) is 10.0. The second-order valence-corrected chi connectivity index (χ2v) is 6.79. The number of hydrogen-bond donors (Lipinski definition) is 1. The van der Waals surface area contributed by atoms with Gasteiger partial charge in [0.1, 0.15) is 10.6 Å². The molecule has 0 radical (unpaired) electrons. The van der Waals surface area contributed by atoms with Crippen molar-refractivity contribution >= 4 is 21.4 Å². The molecule has 0 aromatic heterocycles. The van der Waals surface area contributed by atoms with Gasteiger partial charge in [-0.1, -0.05) is 24.3 Å². The minimum absolute atomic E-state index is 0.0654. The summed E-state index contributed by atoms with van der Waals surface area (Å²) in [5.41, 5.74) is 1.50. The number of hydrogen-bond acceptors (Lipinski definition) is 4. The lowest BCUT2D eigenvalue weighted by molar-refractivity contribution is 0.458. The van der Waals surface area contributed by atoms with Crippen molar-refractivity contribution in [2.24, 2.45) is 0 Å². The number of phenolic OH excluding ortho intramolecular Hbond substituents is 1. The number of benzene rings is 2. The Balaban J connectivity index is 2.14. The minimum Gasteiger partial charge on any atom is -0.507 e. The zero-order valence-corrected chi connectivity index (χ0v) is 12.4. The second kappa shape index (κ2) is 4.96. The van der Waals surface area contributed by atoms with Crippen LogP contribution in [0, 0.1) is 0 Å². The molecule has 6 heteroatoms. The molecule has 1 aliphatic heterocycles. The van der Waals surface area contributed by atoms with Crippen molar-refractivity contribution in [2.45, 2.75) is 4.90 Å². The highest BCUT2D eigenvalue weighted by Gasteiger charge is 2.32.